The maximum absolute atomic E-state index is 12.6. The lowest BCUT2D eigenvalue weighted by Gasteiger charge is -2.55. The first kappa shape index (κ1) is 22.3. The van der Waals surface area contributed by atoms with Crippen molar-refractivity contribution >= 4 is 5.97 Å². The first-order chi connectivity index (χ1) is 14.1. The summed E-state index contributed by atoms with van der Waals surface area (Å²) in [6.07, 6.45) is 1.89. The summed E-state index contributed by atoms with van der Waals surface area (Å²) < 4.78 is 18.8. The molecule has 4 bridgehead atoms. The van der Waals surface area contributed by atoms with Gasteiger partial charge >= 0.3 is 5.97 Å². The Morgan fingerprint density at radius 2 is 2.10 bits per heavy atom. The van der Waals surface area contributed by atoms with Crippen molar-refractivity contribution in [1.82, 2.24) is 0 Å². The van der Waals surface area contributed by atoms with E-state index in [1.54, 1.807) is 0 Å². The second-order valence-electron chi connectivity index (χ2n) is 10.6. The molecule has 0 aromatic rings. The zero-order chi connectivity index (χ0) is 21.8. The van der Waals surface area contributed by atoms with E-state index < -0.39 is 17.3 Å². The van der Waals surface area contributed by atoms with Crippen molar-refractivity contribution in [3.63, 3.8) is 0 Å². The van der Waals surface area contributed by atoms with Crippen molar-refractivity contribution in [2.24, 2.45) is 23.7 Å². The Morgan fingerprint density at radius 3 is 2.80 bits per heavy atom. The maximum atomic E-state index is 12.6. The standard InChI is InChI=1S/C24H38O6/c1-6-7-19(26)30-23(4)9-8-16(25)13(2)10-17-21-20(22(23)29-17)15-11-18(24(21,5)27)28-12-14(15)3/h14-18,20-22,25,27H,2,6-12H2,1,3-5H3/t14-,15+,16-,17+,18+,20+,21+,22+,23+,24-/m0/s1. The smallest absolute Gasteiger partial charge is 0.306 e. The second kappa shape index (κ2) is 7.88. The number of carbonyl (C=O) groups excluding carboxylic acids is 1. The largest absolute Gasteiger partial charge is 0.457 e. The van der Waals surface area contributed by atoms with Gasteiger partial charge in [-0.05, 0) is 63.4 Å². The zero-order valence-corrected chi connectivity index (χ0v) is 18.8. The first-order valence-corrected chi connectivity index (χ1v) is 11.7. The third kappa shape index (κ3) is 3.54. The topological polar surface area (TPSA) is 85.2 Å². The van der Waals surface area contributed by atoms with E-state index in [4.69, 9.17) is 14.2 Å². The molecule has 0 unspecified atom stereocenters. The van der Waals surface area contributed by atoms with Gasteiger partial charge in [-0.1, -0.05) is 20.4 Å². The van der Waals surface area contributed by atoms with Crippen LogP contribution in [-0.2, 0) is 19.0 Å². The van der Waals surface area contributed by atoms with Crippen LogP contribution in [0.25, 0.3) is 0 Å². The summed E-state index contributed by atoms with van der Waals surface area (Å²) in [6, 6.07) is 0. The number of aliphatic hydroxyl groups is 2. The van der Waals surface area contributed by atoms with Gasteiger partial charge in [0.1, 0.15) is 11.7 Å². The number of rotatable bonds is 3. The summed E-state index contributed by atoms with van der Waals surface area (Å²) in [5.74, 6) is 0.382. The Labute approximate surface area is 180 Å². The van der Waals surface area contributed by atoms with Crippen LogP contribution in [-0.4, -0.2) is 58.4 Å². The molecule has 10 atom stereocenters. The molecule has 30 heavy (non-hydrogen) atoms. The molecule has 0 aromatic carbocycles. The van der Waals surface area contributed by atoms with Crippen LogP contribution in [0.5, 0.6) is 0 Å². The van der Waals surface area contributed by atoms with Gasteiger partial charge in [-0.25, -0.2) is 0 Å². The fourth-order valence-electron chi connectivity index (χ4n) is 6.67. The van der Waals surface area contributed by atoms with Crippen molar-refractivity contribution < 1.29 is 29.2 Å². The van der Waals surface area contributed by atoms with Crippen molar-refractivity contribution in [1.29, 1.82) is 0 Å². The molecular weight excluding hydrogens is 384 g/mol. The molecule has 0 aromatic heterocycles. The van der Waals surface area contributed by atoms with Gasteiger partial charge in [-0.3, -0.25) is 4.79 Å². The van der Waals surface area contributed by atoms with E-state index >= 15 is 0 Å². The summed E-state index contributed by atoms with van der Waals surface area (Å²) >= 11 is 0. The lowest BCUT2D eigenvalue weighted by molar-refractivity contribution is -0.224. The Kier molecular flexibility index (Phi) is 5.84. The molecule has 4 fully saturated rings. The number of fused-ring (bicyclic) bond motifs is 8. The predicted molar refractivity (Wildman–Crippen MR) is 112 cm³/mol. The molecule has 6 nitrogen and oxygen atoms in total. The highest BCUT2D eigenvalue weighted by Gasteiger charge is 2.66. The van der Waals surface area contributed by atoms with Gasteiger partial charge in [0.15, 0.2) is 0 Å². The van der Waals surface area contributed by atoms with E-state index in [1.807, 2.05) is 20.8 Å². The van der Waals surface area contributed by atoms with Crippen LogP contribution in [0.4, 0.5) is 0 Å². The van der Waals surface area contributed by atoms with Crippen LogP contribution in [0.1, 0.15) is 66.2 Å². The Balaban J connectivity index is 1.77. The molecule has 0 radical (unpaired) electrons. The average Bonchev–Trinajstić information content (AvgIpc) is 3.07. The first-order valence-electron chi connectivity index (χ1n) is 11.7. The molecule has 6 heteroatoms. The number of esters is 1. The van der Waals surface area contributed by atoms with Crippen LogP contribution in [0.3, 0.4) is 0 Å². The highest BCUT2D eigenvalue weighted by Crippen LogP contribution is 2.59. The minimum atomic E-state index is -1.04. The van der Waals surface area contributed by atoms with Gasteiger partial charge in [-0.15, -0.1) is 0 Å². The normalized spacial score (nSPS) is 50.8. The molecule has 0 spiro atoms. The van der Waals surface area contributed by atoms with Gasteiger partial charge in [0.05, 0.1) is 23.9 Å². The lowest BCUT2D eigenvalue weighted by Crippen LogP contribution is -2.63. The molecule has 4 aliphatic rings. The molecular formula is C24H38O6. The summed E-state index contributed by atoms with van der Waals surface area (Å²) in [5.41, 5.74) is -1.17. The minimum absolute atomic E-state index is 0.0719. The van der Waals surface area contributed by atoms with Gasteiger partial charge in [0.2, 0.25) is 0 Å². The minimum Gasteiger partial charge on any atom is -0.457 e. The maximum Gasteiger partial charge on any atom is 0.306 e. The molecule has 3 aliphatic heterocycles. The van der Waals surface area contributed by atoms with Gasteiger partial charge in [0, 0.05) is 24.9 Å². The molecule has 1 saturated carbocycles. The molecule has 4 rings (SSSR count). The Morgan fingerprint density at radius 1 is 1.37 bits per heavy atom. The van der Waals surface area contributed by atoms with Crippen LogP contribution in [0, 0.1) is 23.7 Å². The molecule has 1 aliphatic carbocycles. The van der Waals surface area contributed by atoms with Gasteiger partial charge in [0.25, 0.3) is 0 Å². The number of carbonyl (C=O) groups is 1. The third-order valence-corrected chi connectivity index (χ3v) is 8.34. The van der Waals surface area contributed by atoms with E-state index in [0.717, 1.165) is 18.4 Å². The van der Waals surface area contributed by atoms with Crippen molar-refractivity contribution in [2.45, 2.75) is 102 Å². The number of ether oxygens (including phenoxy) is 3. The van der Waals surface area contributed by atoms with E-state index in [9.17, 15) is 15.0 Å². The predicted octanol–water partition coefficient (Wildman–Crippen LogP) is 3.00. The van der Waals surface area contributed by atoms with E-state index in [0.29, 0.717) is 44.1 Å². The number of hydrogen-bond donors (Lipinski definition) is 2. The highest BCUT2D eigenvalue weighted by atomic mass is 16.6. The fraction of sp³-hybridized carbons (Fsp3) is 0.875. The number of hydrogen-bond acceptors (Lipinski definition) is 6. The molecule has 0 amide bonds. The molecule has 3 heterocycles. The second-order valence-corrected chi connectivity index (χ2v) is 10.6. The molecule has 170 valence electrons. The number of aliphatic hydroxyl groups excluding tert-OH is 1. The van der Waals surface area contributed by atoms with Crippen LogP contribution < -0.4 is 0 Å². The SMILES string of the molecule is C=C1C[C@H]2O[C@H]([C@@H]3[C@@H]4C[C@@H](OC[C@@H]4C)[C@](C)(O)[C@@H]32)[C@](C)(OC(=O)CCC)CC[C@@H]1O. The van der Waals surface area contributed by atoms with Crippen molar-refractivity contribution in [2.75, 3.05) is 6.61 Å². The lowest BCUT2D eigenvalue weighted by atomic mass is 9.55. The Bertz CT molecular complexity index is 689. The highest BCUT2D eigenvalue weighted by molar-refractivity contribution is 5.69. The molecule has 2 N–H and O–H groups in total. The van der Waals surface area contributed by atoms with E-state index in [1.165, 1.54) is 0 Å². The fourth-order valence-corrected chi connectivity index (χ4v) is 6.67. The third-order valence-electron chi connectivity index (χ3n) is 8.34. The summed E-state index contributed by atoms with van der Waals surface area (Å²) in [6.45, 7) is 12.7. The summed E-state index contributed by atoms with van der Waals surface area (Å²) in [7, 11) is 0. The molecule has 3 saturated heterocycles. The van der Waals surface area contributed by atoms with Crippen LogP contribution in [0.2, 0.25) is 0 Å². The van der Waals surface area contributed by atoms with Crippen molar-refractivity contribution in [3.05, 3.63) is 12.2 Å². The van der Waals surface area contributed by atoms with Crippen LogP contribution >= 0.6 is 0 Å². The monoisotopic (exact) mass is 422 g/mol. The van der Waals surface area contributed by atoms with Crippen LogP contribution in [0.15, 0.2) is 12.2 Å². The van der Waals surface area contributed by atoms with Crippen molar-refractivity contribution in [3.8, 4) is 0 Å². The van der Waals surface area contributed by atoms with Gasteiger partial charge in [-0.2, -0.15) is 0 Å². The van der Waals surface area contributed by atoms with Gasteiger partial charge < -0.3 is 24.4 Å². The summed E-state index contributed by atoms with van der Waals surface area (Å²) in [5, 5.41) is 22.3. The zero-order valence-electron chi connectivity index (χ0n) is 18.8. The summed E-state index contributed by atoms with van der Waals surface area (Å²) in [4.78, 5) is 12.6. The average molecular weight is 423 g/mol. The van der Waals surface area contributed by atoms with E-state index in [-0.39, 0.29) is 36.1 Å². The Hall–Kier alpha value is -0.950. The van der Waals surface area contributed by atoms with E-state index in [2.05, 4.69) is 13.5 Å². The quantitative estimate of drug-likeness (QED) is 0.537.